The number of benzene rings is 2. The van der Waals surface area contributed by atoms with E-state index in [2.05, 4.69) is 13.2 Å². The van der Waals surface area contributed by atoms with Gasteiger partial charge in [0.15, 0.2) is 0 Å². The van der Waals surface area contributed by atoms with Crippen LogP contribution in [0.15, 0.2) is 68.0 Å². The smallest absolute Gasteiger partial charge is 0.338 e. The average molecular weight is 324 g/mol. The van der Waals surface area contributed by atoms with Crippen LogP contribution in [0.25, 0.3) is 10.8 Å². The second-order valence-corrected chi connectivity index (χ2v) is 6.44. The molecule has 2 aromatic rings. The summed E-state index contributed by atoms with van der Waals surface area (Å²) in [5, 5.41) is 2.12. The molecule has 0 saturated carbocycles. The minimum atomic E-state index is -0.352. The summed E-state index contributed by atoms with van der Waals surface area (Å²) < 4.78 is 11.1. The minimum Gasteiger partial charge on any atom is -0.498 e. The number of ether oxygens (including phenoxy) is 2. The van der Waals surface area contributed by atoms with Crippen LogP contribution >= 0.6 is 0 Å². The first-order valence-electron chi connectivity index (χ1n) is 8.01. The Hall–Kier alpha value is -2.55. The second kappa shape index (κ2) is 7.82. The van der Waals surface area contributed by atoms with Crippen LogP contribution in [-0.4, -0.2) is 18.7 Å². The molecule has 0 N–H and O–H groups in total. The van der Waals surface area contributed by atoms with E-state index >= 15 is 0 Å². The molecule has 0 heterocycles. The summed E-state index contributed by atoms with van der Waals surface area (Å²) in [6.45, 7) is 11.6. The van der Waals surface area contributed by atoms with Gasteiger partial charge in [-0.3, -0.25) is 0 Å². The van der Waals surface area contributed by atoms with Crippen LogP contribution in [0.2, 0.25) is 0 Å². The molecule has 0 saturated heterocycles. The zero-order valence-corrected chi connectivity index (χ0v) is 14.3. The Kier molecular flexibility index (Phi) is 5.80. The predicted octanol–water partition coefficient (Wildman–Crippen LogP) is 5.13. The van der Waals surface area contributed by atoms with Crippen molar-refractivity contribution >= 4 is 16.7 Å². The standard InChI is InChI=1S/C21H24O3/c1-5-9-19(23-6-2)21(3,4)15-24-20(22)18-13-12-16-10-7-8-11-17(16)14-18/h5-8,10-14,19H,1-2,9,15H2,3-4H3/t19-/m1/s1. The Labute approximate surface area is 143 Å². The molecule has 0 aliphatic carbocycles. The van der Waals surface area contributed by atoms with Crippen LogP contribution in [0.4, 0.5) is 0 Å². The lowest BCUT2D eigenvalue weighted by atomic mass is 9.85. The SMILES string of the molecule is C=CC[C@@H](OC=C)C(C)(C)COC(=O)c1ccc2ccccc2c1. The van der Waals surface area contributed by atoms with E-state index in [4.69, 9.17) is 9.47 Å². The fourth-order valence-corrected chi connectivity index (χ4v) is 2.57. The molecule has 1 atom stereocenters. The van der Waals surface area contributed by atoms with Gasteiger partial charge >= 0.3 is 5.97 Å². The summed E-state index contributed by atoms with van der Waals surface area (Å²) in [6, 6.07) is 13.5. The molecule has 2 aromatic carbocycles. The highest BCUT2D eigenvalue weighted by atomic mass is 16.5. The van der Waals surface area contributed by atoms with Crippen LogP contribution in [0.5, 0.6) is 0 Å². The van der Waals surface area contributed by atoms with Gasteiger partial charge < -0.3 is 9.47 Å². The fourth-order valence-electron chi connectivity index (χ4n) is 2.57. The van der Waals surface area contributed by atoms with Gasteiger partial charge in [-0.15, -0.1) is 6.58 Å². The van der Waals surface area contributed by atoms with Gasteiger partial charge in [0.1, 0.15) is 12.7 Å². The summed E-state index contributed by atoms with van der Waals surface area (Å²) in [7, 11) is 0. The number of carbonyl (C=O) groups is 1. The molecule has 0 aliphatic rings. The van der Waals surface area contributed by atoms with Crippen molar-refractivity contribution in [3.8, 4) is 0 Å². The summed E-state index contributed by atoms with van der Waals surface area (Å²) in [5.74, 6) is -0.329. The van der Waals surface area contributed by atoms with E-state index in [1.807, 2.05) is 50.2 Å². The van der Waals surface area contributed by atoms with Crippen molar-refractivity contribution in [2.45, 2.75) is 26.4 Å². The third-order valence-electron chi connectivity index (χ3n) is 4.07. The van der Waals surface area contributed by atoms with Gasteiger partial charge in [-0.2, -0.15) is 0 Å². The molecular formula is C21H24O3. The van der Waals surface area contributed by atoms with Crippen LogP contribution in [0.3, 0.4) is 0 Å². The molecular weight excluding hydrogens is 300 g/mol. The van der Waals surface area contributed by atoms with Crippen molar-refractivity contribution in [3.63, 3.8) is 0 Å². The maximum absolute atomic E-state index is 12.4. The van der Waals surface area contributed by atoms with Crippen molar-refractivity contribution in [2.24, 2.45) is 5.41 Å². The number of carbonyl (C=O) groups excluding carboxylic acids is 1. The van der Waals surface area contributed by atoms with Crippen molar-refractivity contribution in [1.82, 2.24) is 0 Å². The van der Waals surface area contributed by atoms with Crippen molar-refractivity contribution in [2.75, 3.05) is 6.61 Å². The molecule has 0 aromatic heterocycles. The number of hydrogen-bond acceptors (Lipinski definition) is 3. The molecule has 3 nitrogen and oxygen atoms in total. The van der Waals surface area contributed by atoms with Crippen LogP contribution in [0, 0.1) is 5.41 Å². The molecule has 0 fully saturated rings. The third-order valence-corrected chi connectivity index (χ3v) is 4.07. The van der Waals surface area contributed by atoms with E-state index in [1.165, 1.54) is 6.26 Å². The monoisotopic (exact) mass is 324 g/mol. The molecule has 0 unspecified atom stereocenters. The lowest BCUT2D eigenvalue weighted by molar-refractivity contribution is -0.0179. The first kappa shape index (κ1) is 17.8. The fraction of sp³-hybridized carbons (Fsp3) is 0.286. The van der Waals surface area contributed by atoms with Crippen molar-refractivity contribution in [1.29, 1.82) is 0 Å². The highest BCUT2D eigenvalue weighted by Gasteiger charge is 2.31. The van der Waals surface area contributed by atoms with E-state index in [-0.39, 0.29) is 24.1 Å². The zero-order chi connectivity index (χ0) is 17.6. The number of rotatable bonds is 8. The summed E-state index contributed by atoms with van der Waals surface area (Å²) in [4.78, 5) is 12.4. The molecule has 3 heteroatoms. The van der Waals surface area contributed by atoms with Gasteiger partial charge in [-0.25, -0.2) is 4.79 Å². The lowest BCUT2D eigenvalue weighted by Gasteiger charge is -2.32. The highest BCUT2D eigenvalue weighted by Crippen LogP contribution is 2.27. The minimum absolute atomic E-state index is 0.142. The number of hydrogen-bond donors (Lipinski definition) is 0. The molecule has 0 spiro atoms. The normalized spacial score (nSPS) is 12.4. The third kappa shape index (κ3) is 4.25. The van der Waals surface area contributed by atoms with E-state index in [0.717, 1.165) is 10.8 Å². The first-order valence-corrected chi connectivity index (χ1v) is 8.01. The Bertz CT molecular complexity index is 721. The van der Waals surface area contributed by atoms with E-state index in [9.17, 15) is 4.79 Å². The first-order chi connectivity index (χ1) is 11.5. The molecule has 0 amide bonds. The Morgan fingerprint density at radius 3 is 2.54 bits per heavy atom. The van der Waals surface area contributed by atoms with E-state index in [1.54, 1.807) is 12.1 Å². The molecule has 126 valence electrons. The molecule has 0 bridgehead atoms. The second-order valence-electron chi connectivity index (χ2n) is 6.44. The Morgan fingerprint density at radius 1 is 1.17 bits per heavy atom. The molecule has 24 heavy (non-hydrogen) atoms. The van der Waals surface area contributed by atoms with Crippen molar-refractivity contribution in [3.05, 3.63) is 73.5 Å². The molecule has 0 aliphatic heterocycles. The van der Waals surface area contributed by atoms with Crippen LogP contribution in [-0.2, 0) is 9.47 Å². The summed E-state index contributed by atoms with van der Waals surface area (Å²) >= 11 is 0. The Morgan fingerprint density at radius 2 is 1.88 bits per heavy atom. The largest absolute Gasteiger partial charge is 0.498 e. The summed E-state index contributed by atoms with van der Waals surface area (Å²) in [6.07, 6.45) is 3.73. The quantitative estimate of drug-likeness (QED) is 0.384. The molecule has 2 rings (SSSR count). The van der Waals surface area contributed by atoms with Gasteiger partial charge in [-0.1, -0.05) is 56.8 Å². The maximum atomic E-state index is 12.4. The number of esters is 1. The van der Waals surface area contributed by atoms with Crippen molar-refractivity contribution < 1.29 is 14.3 Å². The number of fused-ring (bicyclic) bond motifs is 1. The molecule has 0 radical (unpaired) electrons. The topological polar surface area (TPSA) is 35.5 Å². The Balaban J connectivity index is 2.07. The zero-order valence-electron chi connectivity index (χ0n) is 14.3. The average Bonchev–Trinajstić information content (AvgIpc) is 2.59. The van der Waals surface area contributed by atoms with Gasteiger partial charge in [0, 0.05) is 11.8 Å². The maximum Gasteiger partial charge on any atom is 0.338 e. The van der Waals surface area contributed by atoms with E-state index < -0.39 is 0 Å². The van der Waals surface area contributed by atoms with Gasteiger partial charge in [-0.05, 0) is 22.9 Å². The van der Waals surface area contributed by atoms with Crippen LogP contribution < -0.4 is 0 Å². The van der Waals surface area contributed by atoms with Gasteiger partial charge in [0.05, 0.1) is 11.8 Å². The predicted molar refractivity (Wildman–Crippen MR) is 97.9 cm³/mol. The lowest BCUT2D eigenvalue weighted by Crippen LogP contribution is -2.35. The summed E-state index contributed by atoms with van der Waals surface area (Å²) in [5.41, 5.74) is 0.198. The van der Waals surface area contributed by atoms with E-state index in [0.29, 0.717) is 12.0 Å². The van der Waals surface area contributed by atoms with Crippen LogP contribution in [0.1, 0.15) is 30.6 Å². The van der Waals surface area contributed by atoms with Gasteiger partial charge in [0.25, 0.3) is 0 Å². The van der Waals surface area contributed by atoms with Gasteiger partial charge in [0.2, 0.25) is 0 Å². The highest BCUT2D eigenvalue weighted by molar-refractivity contribution is 5.95.